The van der Waals surface area contributed by atoms with Gasteiger partial charge >= 0.3 is 0 Å². The molecule has 0 saturated carbocycles. The number of aromatic nitrogens is 1. The molecule has 0 aliphatic carbocycles. The van der Waals surface area contributed by atoms with E-state index in [1.807, 2.05) is 17.3 Å². The molecule has 5 heteroatoms. The van der Waals surface area contributed by atoms with Gasteiger partial charge in [0.1, 0.15) is 6.04 Å². The second-order valence-corrected chi connectivity index (χ2v) is 5.55. The summed E-state index contributed by atoms with van der Waals surface area (Å²) in [6.45, 7) is 2.38. The van der Waals surface area contributed by atoms with Crippen molar-refractivity contribution in [3.8, 4) is 0 Å². The number of thioether (sulfide) groups is 1. The SMILES string of the molecule is c1nc(C2CSC(N3CCCC3)=N2)cs1. The molecule has 2 aliphatic rings. The van der Waals surface area contributed by atoms with Crippen LogP contribution < -0.4 is 0 Å². The van der Waals surface area contributed by atoms with Crippen molar-refractivity contribution >= 4 is 28.3 Å². The molecule has 2 aliphatic heterocycles. The number of rotatable bonds is 1. The Labute approximate surface area is 97.6 Å². The molecule has 0 N–H and O–H groups in total. The molecular weight excluding hydrogens is 226 g/mol. The van der Waals surface area contributed by atoms with E-state index < -0.39 is 0 Å². The van der Waals surface area contributed by atoms with Crippen LogP contribution in [0.3, 0.4) is 0 Å². The highest BCUT2D eigenvalue weighted by Crippen LogP contribution is 2.32. The first-order chi connectivity index (χ1) is 7.43. The number of likely N-dealkylation sites (tertiary alicyclic amines) is 1. The minimum absolute atomic E-state index is 0.303. The molecule has 3 nitrogen and oxygen atoms in total. The fraction of sp³-hybridized carbons (Fsp3) is 0.600. The summed E-state index contributed by atoms with van der Waals surface area (Å²) in [7, 11) is 0. The average Bonchev–Trinajstić information content (AvgIpc) is 3.02. The monoisotopic (exact) mass is 239 g/mol. The van der Waals surface area contributed by atoms with Crippen LogP contribution in [0, 0.1) is 0 Å². The Hall–Kier alpha value is -0.550. The van der Waals surface area contributed by atoms with Gasteiger partial charge in [-0.1, -0.05) is 11.8 Å². The Kier molecular flexibility index (Phi) is 2.66. The van der Waals surface area contributed by atoms with Crippen molar-refractivity contribution in [2.75, 3.05) is 18.8 Å². The molecule has 1 fully saturated rings. The summed E-state index contributed by atoms with van der Waals surface area (Å²) in [6.07, 6.45) is 2.64. The van der Waals surface area contributed by atoms with Gasteiger partial charge in [-0.3, -0.25) is 4.99 Å². The van der Waals surface area contributed by atoms with Crippen molar-refractivity contribution in [2.45, 2.75) is 18.9 Å². The summed E-state index contributed by atoms with van der Waals surface area (Å²) in [5.41, 5.74) is 3.03. The maximum absolute atomic E-state index is 4.76. The van der Waals surface area contributed by atoms with Gasteiger partial charge in [0.15, 0.2) is 5.17 Å². The van der Waals surface area contributed by atoms with Crippen LogP contribution in [-0.4, -0.2) is 33.9 Å². The predicted molar refractivity (Wildman–Crippen MR) is 65.6 cm³/mol. The van der Waals surface area contributed by atoms with E-state index in [1.54, 1.807) is 11.3 Å². The van der Waals surface area contributed by atoms with Crippen molar-refractivity contribution < 1.29 is 0 Å². The lowest BCUT2D eigenvalue weighted by Crippen LogP contribution is -2.23. The number of amidine groups is 1. The standard InChI is InChI=1S/C10H13N3S2/c1-2-4-13(3-1)10-12-9(6-15-10)8-5-14-7-11-8/h5,7,9H,1-4,6H2. The van der Waals surface area contributed by atoms with E-state index in [2.05, 4.69) is 15.3 Å². The maximum atomic E-state index is 4.76. The third kappa shape index (κ3) is 1.90. The number of nitrogens with zero attached hydrogens (tertiary/aromatic N) is 3. The van der Waals surface area contributed by atoms with Crippen molar-refractivity contribution in [3.63, 3.8) is 0 Å². The van der Waals surface area contributed by atoms with Crippen molar-refractivity contribution in [3.05, 3.63) is 16.6 Å². The molecule has 0 radical (unpaired) electrons. The van der Waals surface area contributed by atoms with Crippen molar-refractivity contribution in [1.82, 2.24) is 9.88 Å². The molecule has 1 aromatic heterocycles. The summed E-state index contributed by atoms with van der Waals surface area (Å²) in [5, 5.41) is 3.35. The highest BCUT2D eigenvalue weighted by molar-refractivity contribution is 8.14. The van der Waals surface area contributed by atoms with Crippen LogP contribution in [0.25, 0.3) is 0 Å². The smallest absolute Gasteiger partial charge is 0.159 e. The quantitative estimate of drug-likeness (QED) is 0.753. The highest BCUT2D eigenvalue weighted by atomic mass is 32.2. The van der Waals surface area contributed by atoms with Gasteiger partial charge in [0, 0.05) is 24.2 Å². The summed E-state index contributed by atoms with van der Waals surface area (Å²) < 4.78 is 0. The summed E-state index contributed by atoms with van der Waals surface area (Å²) in [6, 6.07) is 0.303. The van der Waals surface area contributed by atoms with Crippen LogP contribution in [0.15, 0.2) is 15.9 Å². The van der Waals surface area contributed by atoms with Crippen LogP contribution in [0.5, 0.6) is 0 Å². The minimum atomic E-state index is 0.303. The second kappa shape index (κ2) is 4.14. The van der Waals surface area contributed by atoms with Crippen LogP contribution >= 0.6 is 23.1 Å². The summed E-state index contributed by atoms with van der Waals surface area (Å²) in [4.78, 5) is 11.5. The highest BCUT2D eigenvalue weighted by Gasteiger charge is 2.26. The molecule has 1 saturated heterocycles. The lowest BCUT2D eigenvalue weighted by atomic mass is 10.3. The molecular formula is C10H13N3S2. The van der Waals surface area contributed by atoms with Gasteiger partial charge in [0.2, 0.25) is 0 Å². The maximum Gasteiger partial charge on any atom is 0.159 e. The Morgan fingerprint density at radius 1 is 1.33 bits per heavy atom. The Bertz CT molecular complexity index is 355. The van der Waals surface area contributed by atoms with Gasteiger partial charge in [-0.15, -0.1) is 11.3 Å². The lowest BCUT2D eigenvalue weighted by Gasteiger charge is -2.15. The number of aliphatic imine (C=N–C) groups is 1. The van der Waals surface area contributed by atoms with E-state index in [4.69, 9.17) is 4.99 Å². The molecule has 80 valence electrons. The van der Waals surface area contributed by atoms with E-state index in [1.165, 1.54) is 31.1 Å². The molecule has 0 aromatic carbocycles. The molecule has 0 amide bonds. The first kappa shape index (κ1) is 9.66. The van der Waals surface area contributed by atoms with E-state index in [0.717, 1.165) is 11.4 Å². The topological polar surface area (TPSA) is 28.5 Å². The molecule has 0 bridgehead atoms. The number of hydrogen-bond donors (Lipinski definition) is 0. The fourth-order valence-corrected chi connectivity index (χ4v) is 3.70. The largest absolute Gasteiger partial charge is 0.351 e. The van der Waals surface area contributed by atoms with Gasteiger partial charge in [-0.05, 0) is 12.8 Å². The van der Waals surface area contributed by atoms with E-state index in [0.29, 0.717) is 6.04 Å². The van der Waals surface area contributed by atoms with Crippen molar-refractivity contribution in [2.24, 2.45) is 4.99 Å². The van der Waals surface area contributed by atoms with Crippen LogP contribution in [0.4, 0.5) is 0 Å². The first-order valence-electron chi connectivity index (χ1n) is 5.27. The third-order valence-corrected chi connectivity index (χ3v) is 4.51. The molecule has 1 unspecified atom stereocenters. The molecule has 15 heavy (non-hydrogen) atoms. The molecule has 0 spiro atoms. The lowest BCUT2D eigenvalue weighted by molar-refractivity contribution is 0.527. The first-order valence-corrected chi connectivity index (χ1v) is 7.20. The number of hydrogen-bond acceptors (Lipinski definition) is 5. The second-order valence-electron chi connectivity index (χ2n) is 3.85. The molecule has 1 atom stereocenters. The van der Waals surface area contributed by atoms with Crippen LogP contribution in [-0.2, 0) is 0 Å². The predicted octanol–water partition coefficient (Wildman–Crippen LogP) is 2.38. The Morgan fingerprint density at radius 2 is 2.20 bits per heavy atom. The molecule has 1 aromatic rings. The van der Waals surface area contributed by atoms with Gasteiger partial charge in [0.05, 0.1) is 11.2 Å². The van der Waals surface area contributed by atoms with Gasteiger partial charge in [0.25, 0.3) is 0 Å². The fourth-order valence-electron chi connectivity index (χ4n) is 1.98. The van der Waals surface area contributed by atoms with Gasteiger partial charge in [-0.2, -0.15) is 0 Å². The van der Waals surface area contributed by atoms with Gasteiger partial charge in [-0.25, -0.2) is 4.98 Å². The zero-order chi connectivity index (χ0) is 10.1. The number of thiazole rings is 1. The zero-order valence-corrected chi connectivity index (χ0v) is 10.1. The third-order valence-electron chi connectivity index (χ3n) is 2.81. The normalized spacial score (nSPS) is 26.0. The summed E-state index contributed by atoms with van der Waals surface area (Å²) in [5.74, 6) is 1.07. The van der Waals surface area contributed by atoms with Crippen LogP contribution in [0.1, 0.15) is 24.6 Å². The Morgan fingerprint density at radius 3 is 2.93 bits per heavy atom. The van der Waals surface area contributed by atoms with Crippen LogP contribution in [0.2, 0.25) is 0 Å². The van der Waals surface area contributed by atoms with E-state index >= 15 is 0 Å². The van der Waals surface area contributed by atoms with Crippen molar-refractivity contribution in [1.29, 1.82) is 0 Å². The Balaban J connectivity index is 1.74. The van der Waals surface area contributed by atoms with E-state index in [9.17, 15) is 0 Å². The van der Waals surface area contributed by atoms with E-state index in [-0.39, 0.29) is 0 Å². The average molecular weight is 239 g/mol. The van der Waals surface area contributed by atoms with Gasteiger partial charge < -0.3 is 4.90 Å². The molecule has 3 heterocycles. The summed E-state index contributed by atoms with van der Waals surface area (Å²) >= 11 is 3.54. The molecule has 3 rings (SSSR count). The zero-order valence-electron chi connectivity index (χ0n) is 8.43. The minimum Gasteiger partial charge on any atom is -0.351 e.